The summed E-state index contributed by atoms with van der Waals surface area (Å²) in [6.45, 7) is 3.93. The molecule has 0 atom stereocenters. The zero-order valence-electron chi connectivity index (χ0n) is 12.3. The Hall–Kier alpha value is -2.21. The molecule has 1 aromatic heterocycles. The normalized spacial score (nSPS) is 10.6. The first kappa shape index (κ1) is 15.2. The minimum absolute atomic E-state index is 0.0363. The molecule has 0 unspecified atom stereocenters. The van der Waals surface area contributed by atoms with Crippen LogP contribution < -0.4 is 5.73 Å². The molecule has 0 radical (unpaired) electrons. The second-order valence-corrected chi connectivity index (χ2v) is 4.91. The van der Waals surface area contributed by atoms with E-state index in [0.29, 0.717) is 18.8 Å². The van der Waals surface area contributed by atoms with E-state index >= 15 is 0 Å². The molecule has 21 heavy (non-hydrogen) atoms. The molecule has 1 heterocycles. The molecule has 0 saturated heterocycles. The van der Waals surface area contributed by atoms with Gasteiger partial charge < -0.3 is 10.6 Å². The highest BCUT2D eigenvalue weighted by molar-refractivity contribution is 5.75. The van der Waals surface area contributed by atoms with Gasteiger partial charge in [0.1, 0.15) is 6.54 Å². The third-order valence-corrected chi connectivity index (χ3v) is 3.15. The molecule has 0 aliphatic rings. The van der Waals surface area contributed by atoms with Crippen molar-refractivity contribution in [2.75, 3.05) is 6.54 Å². The van der Waals surface area contributed by atoms with Crippen molar-refractivity contribution in [1.29, 1.82) is 0 Å². The molecule has 1 aromatic carbocycles. The highest BCUT2D eigenvalue weighted by Crippen LogP contribution is 2.06. The van der Waals surface area contributed by atoms with Crippen molar-refractivity contribution in [3.8, 4) is 0 Å². The van der Waals surface area contributed by atoms with Gasteiger partial charge in [0.15, 0.2) is 0 Å². The van der Waals surface area contributed by atoms with E-state index in [4.69, 9.17) is 5.73 Å². The molecule has 0 aliphatic carbocycles. The molecule has 0 saturated carbocycles. The fourth-order valence-electron chi connectivity index (χ4n) is 2.11. The molecule has 112 valence electrons. The topological polar surface area (TPSA) is 77.0 Å². The number of hydrogen-bond acceptors (Lipinski definition) is 4. The minimum atomic E-state index is 0.0363. The number of carbonyl (C=O) groups is 1. The number of hydrogen-bond donors (Lipinski definition) is 1. The van der Waals surface area contributed by atoms with Crippen molar-refractivity contribution in [2.45, 2.75) is 33.0 Å². The molecule has 0 fully saturated rings. The summed E-state index contributed by atoms with van der Waals surface area (Å²) in [6.07, 6.45) is 2.63. The molecule has 6 heteroatoms. The van der Waals surface area contributed by atoms with Gasteiger partial charge in [-0.1, -0.05) is 42.5 Å². The van der Waals surface area contributed by atoms with Crippen molar-refractivity contribution in [1.82, 2.24) is 19.9 Å². The first-order valence-corrected chi connectivity index (χ1v) is 7.13. The third-order valence-electron chi connectivity index (χ3n) is 3.15. The Bertz CT molecular complexity index is 566. The van der Waals surface area contributed by atoms with E-state index in [1.165, 1.54) is 4.68 Å². The summed E-state index contributed by atoms with van der Waals surface area (Å²) >= 11 is 0. The third kappa shape index (κ3) is 4.39. The summed E-state index contributed by atoms with van der Waals surface area (Å²) in [6, 6.07) is 9.98. The standard InChI is InChI=1S/C15H21N5O/c1-2-8-19(10-13-6-4-3-5-7-13)15(21)12-20-11-14(9-16)17-18-20/h3-7,11H,2,8-10,12,16H2,1H3. The number of benzene rings is 1. The number of nitrogens with two attached hydrogens (primary N) is 1. The van der Waals surface area contributed by atoms with Crippen molar-refractivity contribution in [3.05, 3.63) is 47.8 Å². The van der Waals surface area contributed by atoms with Crippen LogP contribution in [0, 0.1) is 0 Å². The van der Waals surface area contributed by atoms with Crippen molar-refractivity contribution in [3.63, 3.8) is 0 Å². The molecule has 6 nitrogen and oxygen atoms in total. The summed E-state index contributed by atoms with van der Waals surface area (Å²) in [5, 5.41) is 7.81. The lowest BCUT2D eigenvalue weighted by molar-refractivity contribution is -0.132. The summed E-state index contributed by atoms with van der Waals surface area (Å²) in [5.74, 6) is 0.0363. The Morgan fingerprint density at radius 1 is 1.33 bits per heavy atom. The monoisotopic (exact) mass is 287 g/mol. The van der Waals surface area contributed by atoms with E-state index < -0.39 is 0 Å². The molecule has 1 amide bonds. The highest BCUT2D eigenvalue weighted by Gasteiger charge is 2.14. The summed E-state index contributed by atoms with van der Waals surface area (Å²) in [5.41, 5.74) is 7.31. The fourth-order valence-corrected chi connectivity index (χ4v) is 2.11. The number of rotatable bonds is 7. The van der Waals surface area contributed by atoms with Crippen LogP contribution in [0.3, 0.4) is 0 Å². The lowest BCUT2D eigenvalue weighted by Gasteiger charge is -2.22. The van der Waals surface area contributed by atoms with Crippen LogP contribution in [0.4, 0.5) is 0 Å². The van der Waals surface area contributed by atoms with Crippen LogP contribution in [-0.4, -0.2) is 32.3 Å². The smallest absolute Gasteiger partial charge is 0.244 e. The zero-order valence-corrected chi connectivity index (χ0v) is 12.3. The molecule has 2 N–H and O–H groups in total. The van der Waals surface area contributed by atoms with Crippen molar-refractivity contribution in [2.24, 2.45) is 5.73 Å². The van der Waals surface area contributed by atoms with Crippen LogP contribution >= 0.6 is 0 Å². The summed E-state index contributed by atoms with van der Waals surface area (Å²) in [7, 11) is 0. The van der Waals surface area contributed by atoms with Gasteiger partial charge in [0, 0.05) is 19.6 Å². The Kier molecular flexibility index (Phi) is 5.45. The van der Waals surface area contributed by atoms with Crippen LogP contribution in [0.25, 0.3) is 0 Å². The van der Waals surface area contributed by atoms with Gasteiger partial charge in [-0.2, -0.15) is 0 Å². The highest BCUT2D eigenvalue weighted by atomic mass is 16.2. The van der Waals surface area contributed by atoms with E-state index in [1.807, 2.05) is 35.2 Å². The lowest BCUT2D eigenvalue weighted by Crippen LogP contribution is -2.34. The van der Waals surface area contributed by atoms with Gasteiger partial charge in [-0.05, 0) is 12.0 Å². The van der Waals surface area contributed by atoms with Gasteiger partial charge in [0.2, 0.25) is 5.91 Å². The molecule has 0 bridgehead atoms. The maximum absolute atomic E-state index is 12.4. The number of nitrogens with zero attached hydrogens (tertiary/aromatic N) is 4. The Morgan fingerprint density at radius 3 is 2.71 bits per heavy atom. The maximum Gasteiger partial charge on any atom is 0.244 e. The average Bonchev–Trinajstić information content (AvgIpc) is 2.95. The van der Waals surface area contributed by atoms with E-state index in [1.54, 1.807) is 6.20 Å². The van der Waals surface area contributed by atoms with Crippen LogP contribution in [0.1, 0.15) is 24.6 Å². The molecule has 2 rings (SSSR count). The van der Waals surface area contributed by atoms with Gasteiger partial charge in [-0.3, -0.25) is 4.79 Å². The van der Waals surface area contributed by atoms with Gasteiger partial charge in [-0.25, -0.2) is 4.68 Å². The maximum atomic E-state index is 12.4. The molecular formula is C15H21N5O. The number of amides is 1. The van der Waals surface area contributed by atoms with E-state index in [9.17, 15) is 4.79 Å². The Labute approximate surface area is 124 Å². The van der Waals surface area contributed by atoms with Gasteiger partial charge in [0.25, 0.3) is 0 Å². The first-order valence-electron chi connectivity index (χ1n) is 7.13. The van der Waals surface area contributed by atoms with Gasteiger partial charge in [0.05, 0.1) is 11.9 Å². The van der Waals surface area contributed by atoms with E-state index in [2.05, 4.69) is 17.2 Å². The second kappa shape index (κ2) is 7.54. The quantitative estimate of drug-likeness (QED) is 0.829. The summed E-state index contributed by atoms with van der Waals surface area (Å²) in [4.78, 5) is 14.3. The van der Waals surface area contributed by atoms with Crippen LogP contribution in [0.5, 0.6) is 0 Å². The molecule has 2 aromatic rings. The Balaban J connectivity index is 2.01. The number of carbonyl (C=O) groups excluding carboxylic acids is 1. The SMILES string of the molecule is CCCN(Cc1ccccc1)C(=O)Cn1cc(CN)nn1. The van der Waals surface area contributed by atoms with Crippen molar-refractivity contribution >= 4 is 5.91 Å². The predicted octanol–water partition coefficient (Wildman–Crippen LogP) is 1.18. The largest absolute Gasteiger partial charge is 0.337 e. The second-order valence-electron chi connectivity index (χ2n) is 4.91. The van der Waals surface area contributed by atoms with Crippen LogP contribution in [0.2, 0.25) is 0 Å². The van der Waals surface area contributed by atoms with Gasteiger partial charge in [-0.15, -0.1) is 5.10 Å². The van der Waals surface area contributed by atoms with Gasteiger partial charge >= 0.3 is 0 Å². The first-order chi connectivity index (χ1) is 10.2. The van der Waals surface area contributed by atoms with Crippen molar-refractivity contribution < 1.29 is 4.79 Å². The number of aromatic nitrogens is 3. The average molecular weight is 287 g/mol. The zero-order chi connectivity index (χ0) is 15.1. The van der Waals surface area contributed by atoms with Crippen LogP contribution in [0.15, 0.2) is 36.5 Å². The predicted molar refractivity (Wildman–Crippen MR) is 80.1 cm³/mol. The molecule has 0 spiro atoms. The minimum Gasteiger partial charge on any atom is -0.337 e. The fraction of sp³-hybridized carbons (Fsp3) is 0.400. The lowest BCUT2D eigenvalue weighted by atomic mass is 10.2. The van der Waals surface area contributed by atoms with E-state index in [-0.39, 0.29) is 12.5 Å². The Morgan fingerprint density at radius 2 is 2.10 bits per heavy atom. The van der Waals surface area contributed by atoms with E-state index in [0.717, 1.165) is 18.5 Å². The molecular weight excluding hydrogens is 266 g/mol. The van der Waals surface area contributed by atoms with Crippen LogP contribution in [-0.2, 0) is 24.4 Å². The molecule has 0 aliphatic heterocycles. The summed E-state index contributed by atoms with van der Waals surface area (Å²) < 4.78 is 1.54.